The smallest absolute Gasteiger partial charge is 0.298 e. The molecule has 1 aliphatic carbocycles. The van der Waals surface area contributed by atoms with Crippen LogP contribution in [0, 0.1) is 40.4 Å². The number of hydrogen-bond donors (Lipinski definition) is 0. The maximum absolute atomic E-state index is 14.0. The Balaban J connectivity index is 2.71. The summed E-state index contributed by atoms with van der Waals surface area (Å²) in [6.07, 6.45) is -0.0918. The molecule has 0 N–H and O–H groups in total. The van der Waals surface area contributed by atoms with Crippen LogP contribution in [0.5, 0.6) is 0 Å². The van der Waals surface area contributed by atoms with Crippen LogP contribution in [0.15, 0.2) is 0 Å². The molecule has 0 spiro atoms. The van der Waals surface area contributed by atoms with Crippen molar-refractivity contribution in [1.82, 2.24) is 0 Å². The molecular formula is C14H10F3NO5. The van der Waals surface area contributed by atoms with Crippen LogP contribution in [0.4, 0.5) is 18.9 Å². The number of carbonyl (C=O) groups excluding carboxylic acids is 3. The van der Waals surface area contributed by atoms with Crippen molar-refractivity contribution in [3.8, 4) is 0 Å². The van der Waals surface area contributed by atoms with Crippen LogP contribution in [0.1, 0.15) is 35.2 Å². The molecule has 0 unspecified atom stereocenters. The molecule has 1 aromatic rings. The second-order valence-corrected chi connectivity index (χ2v) is 5.13. The quantitative estimate of drug-likeness (QED) is 0.279. The van der Waals surface area contributed by atoms with E-state index < -0.39 is 62.5 Å². The number of nitro benzene ring substituents is 1. The molecule has 1 saturated carbocycles. The first-order chi connectivity index (χ1) is 10.7. The lowest BCUT2D eigenvalue weighted by molar-refractivity contribution is -0.388. The van der Waals surface area contributed by atoms with Gasteiger partial charge in [0.05, 0.1) is 4.92 Å². The van der Waals surface area contributed by atoms with Crippen LogP contribution in [-0.2, 0) is 9.59 Å². The number of halogens is 3. The maximum Gasteiger partial charge on any atom is 0.319 e. The molecule has 2 rings (SSSR count). The minimum absolute atomic E-state index is 0.144. The first-order valence-corrected chi connectivity index (χ1v) is 6.59. The van der Waals surface area contributed by atoms with E-state index >= 15 is 0 Å². The Hall–Kier alpha value is -2.58. The first-order valence-electron chi connectivity index (χ1n) is 6.59. The van der Waals surface area contributed by atoms with E-state index in [1.165, 1.54) is 0 Å². The van der Waals surface area contributed by atoms with E-state index in [9.17, 15) is 37.7 Å². The molecule has 23 heavy (non-hydrogen) atoms. The lowest BCUT2D eigenvalue weighted by Gasteiger charge is -2.18. The lowest BCUT2D eigenvalue weighted by atomic mass is 9.81. The molecule has 6 nitrogen and oxygen atoms in total. The largest absolute Gasteiger partial charge is 0.319 e. The standard InChI is InChI=1S/C14H10F3NO5/c1-5-10(15)12(17)9(13(11(5)16)18(22)23)14(21)8-6(19)3-2-4-7(8)20/h8H,2-4H2,1H3. The zero-order chi connectivity index (χ0) is 17.5. The second kappa shape index (κ2) is 5.90. The van der Waals surface area contributed by atoms with Gasteiger partial charge < -0.3 is 0 Å². The van der Waals surface area contributed by atoms with E-state index in [1.54, 1.807) is 0 Å². The summed E-state index contributed by atoms with van der Waals surface area (Å²) in [6.45, 7) is 0.770. The Morgan fingerprint density at radius 2 is 1.61 bits per heavy atom. The maximum atomic E-state index is 14.0. The SMILES string of the molecule is Cc1c(F)c(F)c(C(=O)C2C(=O)CCCC2=O)c([N+](=O)[O-])c1F. The zero-order valence-electron chi connectivity index (χ0n) is 11.8. The molecule has 1 aliphatic rings. The van der Waals surface area contributed by atoms with E-state index in [2.05, 4.69) is 0 Å². The Morgan fingerprint density at radius 3 is 2.09 bits per heavy atom. The minimum atomic E-state index is -1.96. The summed E-state index contributed by atoms with van der Waals surface area (Å²) in [4.78, 5) is 45.3. The van der Waals surface area contributed by atoms with Crippen LogP contribution in [0.2, 0.25) is 0 Å². The fraction of sp³-hybridized carbons (Fsp3) is 0.357. The highest BCUT2D eigenvalue weighted by Gasteiger charge is 2.43. The van der Waals surface area contributed by atoms with Gasteiger partial charge in [0, 0.05) is 18.4 Å². The molecule has 9 heteroatoms. The minimum Gasteiger partial charge on any atom is -0.298 e. The van der Waals surface area contributed by atoms with Gasteiger partial charge in [-0.15, -0.1) is 0 Å². The van der Waals surface area contributed by atoms with Crippen LogP contribution in [0.25, 0.3) is 0 Å². The van der Waals surface area contributed by atoms with Crippen LogP contribution < -0.4 is 0 Å². The Kier molecular flexibility index (Phi) is 4.31. The van der Waals surface area contributed by atoms with Crippen LogP contribution in [-0.4, -0.2) is 22.3 Å². The van der Waals surface area contributed by atoms with E-state index in [0.717, 1.165) is 6.92 Å². The third-order valence-electron chi connectivity index (χ3n) is 3.70. The van der Waals surface area contributed by atoms with Gasteiger partial charge in [-0.2, -0.15) is 4.39 Å². The number of nitrogens with zero attached hydrogens (tertiary/aromatic N) is 1. The summed E-state index contributed by atoms with van der Waals surface area (Å²) in [6, 6.07) is 0. The van der Waals surface area contributed by atoms with Gasteiger partial charge in [-0.3, -0.25) is 24.5 Å². The summed E-state index contributed by atoms with van der Waals surface area (Å²) < 4.78 is 41.6. The monoisotopic (exact) mass is 329 g/mol. The van der Waals surface area contributed by atoms with Crippen molar-refractivity contribution in [2.75, 3.05) is 0 Å². The van der Waals surface area contributed by atoms with E-state index in [1.807, 2.05) is 0 Å². The normalized spacial score (nSPS) is 15.8. The van der Waals surface area contributed by atoms with Crippen molar-refractivity contribution >= 4 is 23.0 Å². The van der Waals surface area contributed by atoms with Gasteiger partial charge in [0.25, 0.3) is 0 Å². The second-order valence-electron chi connectivity index (χ2n) is 5.13. The Bertz CT molecular complexity index is 744. The van der Waals surface area contributed by atoms with E-state index in [-0.39, 0.29) is 19.3 Å². The third kappa shape index (κ3) is 2.62. The van der Waals surface area contributed by atoms with Crippen molar-refractivity contribution in [2.45, 2.75) is 26.2 Å². The Labute approximate surface area is 127 Å². The molecule has 0 amide bonds. The highest BCUT2D eigenvalue weighted by molar-refractivity contribution is 6.26. The molecule has 0 atom stereocenters. The number of rotatable bonds is 3. The molecule has 0 aliphatic heterocycles. The van der Waals surface area contributed by atoms with Crippen molar-refractivity contribution in [3.63, 3.8) is 0 Å². The predicted molar refractivity (Wildman–Crippen MR) is 69.4 cm³/mol. The highest BCUT2D eigenvalue weighted by atomic mass is 19.2. The van der Waals surface area contributed by atoms with Gasteiger partial charge in [0.1, 0.15) is 11.5 Å². The first kappa shape index (κ1) is 16.8. The fourth-order valence-corrected chi connectivity index (χ4v) is 2.50. The predicted octanol–water partition coefficient (Wildman–Crippen LogP) is 2.44. The topological polar surface area (TPSA) is 94.3 Å². The van der Waals surface area contributed by atoms with Gasteiger partial charge >= 0.3 is 5.69 Å². The average molecular weight is 329 g/mol. The molecule has 0 radical (unpaired) electrons. The molecule has 1 fully saturated rings. The van der Waals surface area contributed by atoms with Gasteiger partial charge in [-0.1, -0.05) is 0 Å². The van der Waals surface area contributed by atoms with E-state index in [4.69, 9.17) is 0 Å². The lowest BCUT2D eigenvalue weighted by Crippen LogP contribution is -2.36. The summed E-state index contributed by atoms with van der Waals surface area (Å²) in [5, 5.41) is 11.0. The summed E-state index contributed by atoms with van der Waals surface area (Å²) in [5.41, 5.74) is -4.05. The summed E-state index contributed by atoms with van der Waals surface area (Å²) >= 11 is 0. The summed E-state index contributed by atoms with van der Waals surface area (Å²) in [7, 11) is 0. The Morgan fingerprint density at radius 1 is 1.09 bits per heavy atom. The number of nitro groups is 1. The molecule has 122 valence electrons. The average Bonchev–Trinajstić information content (AvgIpc) is 2.47. The van der Waals surface area contributed by atoms with Gasteiger partial charge in [0.15, 0.2) is 29.0 Å². The molecule has 0 bridgehead atoms. The number of Topliss-reactive ketones (excluding diaryl/α,β-unsaturated/α-hetero) is 3. The highest BCUT2D eigenvalue weighted by Crippen LogP contribution is 2.34. The molecule has 1 aromatic carbocycles. The van der Waals surface area contributed by atoms with Crippen molar-refractivity contribution in [2.24, 2.45) is 5.92 Å². The molecule has 0 aromatic heterocycles. The number of benzene rings is 1. The third-order valence-corrected chi connectivity index (χ3v) is 3.70. The number of ketones is 3. The van der Waals surface area contributed by atoms with Crippen molar-refractivity contribution < 1.29 is 32.5 Å². The van der Waals surface area contributed by atoms with Gasteiger partial charge in [-0.05, 0) is 13.3 Å². The zero-order valence-corrected chi connectivity index (χ0v) is 11.8. The van der Waals surface area contributed by atoms with Crippen molar-refractivity contribution in [3.05, 3.63) is 38.7 Å². The van der Waals surface area contributed by atoms with E-state index in [0.29, 0.717) is 0 Å². The molecule has 0 saturated heterocycles. The van der Waals surface area contributed by atoms with Crippen LogP contribution in [0.3, 0.4) is 0 Å². The number of hydrogen-bond acceptors (Lipinski definition) is 5. The van der Waals surface area contributed by atoms with Gasteiger partial charge in [-0.25, -0.2) is 8.78 Å². The fourth-order valence-electron chi connectivity index (χ4n) is 2.50. The summed E-state index contributed by atoms with van der Waals surface area (Å²) in [5.74, 6) is -10.7. The van der Waals surface area contributed by atoms with Gasteiger partial charge in [0.2, 0.25) is 5.82 Å². The molecular weight excluding hydrogens is 319 g/mol. The number of carbonyl (C=O) groups is 3. The van der Waals surface area contributed by atoms with Crippen molar-refractivity contribution in [1.29, 1.82) is 0 Å². The van der Waals surface area contributed by atoms with Crippen LogP contribution >= 0.6 is 0 Å². The molecule has 0 heterocycles.